The van der Waals surface area contributed by atoms with Crippen LogP contribution in [0, 0.1) is 0 Å². The molecule has 3 heteroatoms. The molecule has 0 spiro atoms. The lowest BCUT2D eigenvalue weighted by Gasteiger charge is -2.15. The van der Waals surface area contributed by atoms with Gasteiger partial charge in [-0.05, 0) is 52.6 Å². The summed E-state index contributed by atoms with van der Waals surface area (Å²) in [7, 11) is 0. The van der Waals surface area contributed by atoms with Gasteiger partial charge in [-0.25, -0.2) is 0 Å². The zero-order valence-corrected chi connectivity index (χ0v) is 28.2. The third-order valence-electron chi connectivity index (χ3n) is 9.19. The predicted octanol–water partition coefficient (Wildman–Crippen LogP) is 10.2. The molecule has 7 aromatic carbocycles. The molecule has 51 heavy (non-hydrogen) atoms. The Morgan fingerprint density at radius 3 is 0.804 bits per heavy atom. The molecule has 7 aromatic rings. The fourth-order valence-electron chi connectivity index (χ4n) is 6.73. The smallest absolute Gasteiger partial charge is 0.193 e. The molecule has 0 bridgehead atoms. The number of hydrogen-bond acceptors (Lipinski definition) is 3. The molecule has 3 nitrogen and oxygen atoms in total. The Hall–Kier alpha value is -6.45. The highest BCUT2D eigenvalue weighted by atomic mass is 16.1. The third-order valence-corrected chi connectivity index (χ3v) is 9.19. The molecule has 0 aliphatic heterocycles. The first kappa shape index (κ1) is 33.1. The second-order valence-electron chi connectivity index (χ2n) is 12.7. The maximum absolute atomic E-state index is 13.6. The molecule has 0 atom stereocenters. The van der Waals surface area contributed by atoms with Gasteiger partial charge in [-0.3, -0.25) is 14.4 Å². The van der Waals surface area contributed by atoms with Gasteiger partial charge in [-0.2, -0.15) is 0 Å². The molecule has 0 radical (unpaired) electrons. The number of ketones is 3. The Bertz CT molecular complexity index is 2050. The minimum atomic E-state index is -0.00992. The van der Waals surface area contributed by atoms with Crippen LogP contribution in [0.4, 0.5) is 0 Å². The molecule has 0 saturated carbocycles. The van der Waals surface area contributed by atoms with Crippen molar-refractivity contribution < 1.29 is 14.4 Å². The Balaban J connectivity index is 1.28. The van der Waals surface area contributed by atoms with E-state index < -0.39 is 0 Å². The zero-order chi connectivity index (χ0) is 35.0. The van der Waals surface area contributed by atoms with E-state index in [1.54, 1.807) is 0 Å². The lowest BCUT2D eigenvalue weighted by atomic mass is 9.88. The van der Waals surface area contributed by atoms with Crippen molar-refractivity contribution in [2.75, 3.05) is 0 Å². The lowest BCUT2D eigenvalue weighted by molar-refractivity contribution is 0.103. The van der Waals surface area contributed by atoms with Crippen molar-refractivity contribution in [3.8, 4) is 0 Å². The van der Waals surface area contributed by atoms with Gasteiger partial charge in [-0.15, -0.1) is 0 Å². The highest BCUT2D eigenvalue weighted by Crippen LogP contribution is 2.26. The number of rotatable bonds is 12. The van der Waals surface area contributed by atoms with Gasteiger partial charge >= 0.3 is 0 Å². The molecular weight excluding hydrogens is 625 g/mol. The summed E-state index contributed by atoms with van der Waals surface area (Å²) in [5, 5.41) is 0. The zero-order valence-electron chi connectivity index (χ0n) is 28.2. The highest BCUT2D eigenvalue weighted by Gasteiger charge is 2.18. The monoisotopic (exact) mass is 660 g/mol. The van der Waals surface area contributed by atoms with Crippen molar-refractivity contribution in [1.82, 2.24) is 0 Å². The molecule has 0 N–H and O–H groups in total. The van der Waals surface area contributed by atoms with Gasteiger partial charge in [0.05, 0.1) is 0 Å². The largest absolute Gasteiger partial charge is 0.289 e. The highest BCUT2D eigenvalue weighted by molar-refractivity contribution is 6.11. The summed E-state index contributed by atoms with van der Waals surface area (Å²) < 4.78 is 0. The van der Waals surface area contributed by atoms with Crippen LogP contribution >= 0.6 is 0 Å². The summed E-state index contributed by atoms with van der Waals surface area (Å²) in [6, 6.07) is 58.0. The molecule has 0 unspecified atom stereocenters. The van der Waals surface area contributed by atoms with E-state index in [-0.39, 0.29) is 17.3 Å². The van der Waals surface area contributed by atoms with E-state index >= 15 is 0 Å². The van der Waals surface area contributed by atoms with Gasteiger partial charge in [0.1, 0.15) is 0 Å². The number of hydrogen-bond donors (Lipinski definition) is 0. The minimum Gasteiger partial charge on any atom is -0.289 e. The Labute approximate surface area is 298 Å². The first-order valence-electron chi connectivity index (χ1n) is 17.2. The Morgan fingerprint density at radius 2 is 0.529 bits per heavy atom. The van der Waals surface area contributed by atoms with Gasteiger partial charge in [0, 0.05) is 33.4 Å². The van der Waals surface area contributed by atoms with Crippen molar-refractivity contribution in [3.05, 3.63) is 249 Å². The summed E-state index contributed by atoms with van der Waals surface area (Å²) in [6.07, 6.45) is 1.64. The summed E-state index contributed by atoms with van der Waals surface area (Å²) in [4.78, 5) is 40.9. The van der Waals surface area contributed by atoms with Crippen molar-refractivity contribution >= 4 is 17.3 Å². The fraction of sp³-hybridized carbons (Fsp3) is 0.0625. The number of carbonyl (C=O) groups is 3. The van der Waals surface area contributed by atoms with Gasteiger partial charge in [-0.1, -0.05) is 182 Å². The minimum absolute atomic E-state index is 0.00992. The summed E-state index contributed by atoms with van der Waals surface area (Å²) in [6.45, 7) is 0. The Morgan fingerprint density at radius 1 is 0.294 bits per heavy atom. The van der Waals surface area contributed by atoms with Crippen molar-refractivity contribution in [2.24, 2.45) is 0 Å². The SMILES string of the molecule is O=C(c1ccccc1)c1ccccc1Cc1cc(Cc2ccccc2C(=O)c2ccccc2)cc(Cc2ccccc2C(=O)c2ccccc2)c1. The first-order valence-corrected chi connectivity index (χ1v) is 17.2. The molecule has 0 fully saturated rings. The van der Waals surface area contributed by atoms with Crippen LogP contribution in [0.2, 0.25) is 0 Å². The molecule has 0 amide bonds. The summed E-state index contributed by atoms with van der Waals surface area (Å²) in [5.41, 5.74) is 9.95. The molecule has 0 aromatic heterocycles. The van der Waals surface area contributed by atoms with Crippen LogP contribution in [-0.4, -0.2) is 17.3 Å². The standard InChI is InChI=1S/C48H36O3/c49-46(37-16-4-1-5-17-37)43-25-13-10-22-40(43)31-34-28-35(32-41-23-11-14-26-44(41)47(50)38-18-6-2-7-19-38)30-36(29-34)33-42-24-12-15-27-45(42)48(51)39-20-8-3-9-21-39/h1-30H,31-33H2. The van der Waals surface area contributed by atoms with E-state index in [0.29, 0.717) is 52.6 Å². The Kier molecular flexibility index (Phi) is 9.99. The molecule has 0 saturated heterocycles. The second-order valence-corrected chi connectivity index (χ2v) is 12.7. The van der Waals surface area contributed by atoms with Crippen LogP contribution in [0.5, 0.6) is 0 Å². The normalized spacial score (nSPS) is 10.8. The van der Waals surface area contributed by atoms with Crippen LogP contribution in [0.15, 0.2) is 182 Å². The van der Waals surface area contributed by atoms with E-state index in [0.717, 1.165) is 33.4 Å². The van der Waals surface area contributed by atoms with E-state index in [9.17, 15) is 14.4 Å². The maximum atomic E-state index is 13.6. The van der Waals surface area contributed by atoms with E-state index in [4.69, 9.17) is 0 Å². The third kappa shape index (κ3) is 7.74. The summed E-state index contributed by atoms with van der Waals surface area (Å²) >= 11 is 0. The molecular formula is C48H36O3. The number of benzene rings is 7. The van der Waals surface area contributed by atoms with Crippen molar-refractivity contribution in [1.29, 1.82) is 0 Å². The van der Waals surface area contributed by atoms with E-state index in [2.05, 4.69) is 18.2 Å². The summed E-state index contributed by atoms with van der Waals surface area (Å²) in [5.74, 6) is -0.0298. The van der Waals surface area contributed by atoms with Crippen LogP contribution in [-0.2, 0) is 19.3 Å². The van der Waals surface area contributed by atoms with E-state index in [1.165, 1.54) is 0 Å². The molecule has 7 rings (SSSR count). The number of carbonyl (C=O) groups excluding carboxylic acids is 3. The van der Waals surface area contributed by atoms with Crippen LogP contribution in [0.3, 0.4) is 0 Å². The van der Waals surface area contributed by atoms with Crippen LogP contribution in [0.1, 0.15) is 81.1 Å². The van der Waals surface area contributed by atoms with Crippen molar-refractivity contribution in [3.63, 3.8) is 0 Å². The van der Waals surface area contributed by atoms with Gasteiger partial charge in [0.15, 0.2) is 17.3 Å². The van der Waals surface area contributed by atoms with Gasteiger partial charge < -0.3 is 0 Å². The van der Waals surface area contributed by atoms with Gasteiger partial charge in [0.2, 0.25) is 0 Å². The van der Waals surface area contributed by atoms with Gasteiger partial charge in [0.25, 0.3) is 0 Å². The average Bonchev–Trinajstić information content (AvgIpc) is 3.19. The maximum Gasteiger partial charge on any atom is 0.193 e. The quantitative estimate of drug-likeness (QED) is 0.123. The lowest BCUT2D eigenvalue weighted by Crippen LogP contribution is -2.08. The molecule has 0 aliphatic rings. The van der Waals surface area contributed by atoms with E-state index in [1.807, 2.05) is 164 Å². The molecule has 246 valence electrons. The van der Waals surface area contributed by atoms with Crippen LogP contribution in [0.25, 0.3) is 0 Å². The first-order chi connectivity index (χ1) is 25.0. The van der Waals surface area contributed by atoms with Crippen molar-refractivity contribution in [2.45, 2.75) is 19.3 Å². The topological polar surface area (TPSA) is 51.2 Å². The van der Waals surface area contributed by atoms with Crippen LogP contribution < -0.4 is 0 Å². The predicted molar refractivity (Wildman–Crippen MR) is 204 cm³/mol. The molecule has 0 heterocycles. The second kappa shape index (κ2) is 15.4. The molecule has 0 aliphatic carbocycles. The average molecular weight is 661 g/mol. The fourth-order valence-corrected chi connectivity index (χ4v) is 6.73.